The number of anilines is 1. The molecule has 17 heavy (non-hydrogen) atoms. The molecule has 0 aromatic heterocycles. The minimum atomic E-state index is -3.20. The van der Waals surface area contributed by atoms with E-state index in [-0.39, 0.29) is 5.75 Å². The summed E-state index contributed by atoms with van der Waals surface area (Å²) in [6.45, 7) is 1.93. The van der Waals surface area contributed by atoms with E-state index in [1.165, 1.54) is 4.31 Å². The Bertz CT molecular complexity index is 490. The summed E-state index contributed by atoms with van der Waals surface area (Å²) in [6.07, 6.45) is 0.656. The van der Waals surface area contributed by atoms with E-state index in [1.54, 1.807) is 0 Å². The lowest BCUT2D eigenvalue weighted by atomic mass is 10.3. The highest BCUT2D eigenvalue weighted by Crippen LogP contribution is 2.28. The van der Waals surface area contributed by atoms with Gasteiger partial charge in [-0.25, -0.2) is 8.42 Å². The van der Waals surface area contributed by atoms with Gasteiger partial charge in [0, 0.05) is 17.6 Å². The van der Waals surface area contributed by atoms with Gasteiger partial charge in [0.2, 0.25) is 10.0 Å². The first-order valence-corrected chi connectivity index (χ1v) is 7.97. The lowest BCUT2D eigenvalue weighted by molar-refractivity contribution is 0.572. The second-order valence-corrected chi connectivity index (χ2v) is 6.81. The number of para-hydroxylation sites is 1. The molecule has 0 spiro atoms. The van der Waals surface area contributed by atoms with Crippen molar-refractivity contribution in [3.8, 4) is 0 Å². The number of halogens is 1. The van der Waals surface area contributed by atoms with Gasteiger partial charge in [-0.1, -0.05) is 12.1 Å². The molecule has 0 aliphatic carbocycles. The molecule has 0 atom stereocenters. The monoisotopic (exact) mass is 318 g/mol. The molecule has 94 valence electrons. The Kier molecular flexibility index (Phi) is 4.06. The molecule has 6 heteroatoms. The van der Waals surface area contributed by atoms with E-state index in [4.69, 9.17) is 0 Å². The number of nitrogens with zero attached hydrogens (tertiary/aromatic N) is 1. The Hall–Kier alpha value is -0.590. The number of benzene rings is 1. The number of nitrogens with one attached hydrogen (secondary N) is 1. The van der Waals surface area contributed by atoms with E-state index >= 15 is 0 Å². The van der Waals surface area contributed by atoms with Gasteiger partial charge < -0.3 is 5.32 Å². The third-order valence-electron chi connectivity index (χ3n) is 2.70. The Morgan fingerprint density at radius 1 is 1.24 bits per heavy atom. The van der Waals surface area contributed by atoms with Gasteiger partial charge in [0.25, 0.3) is 0 Å². The van der Waals surface area contributed by atoms with E-state index in [0.717, 1.165) is 16.7 Å². The van der Waals surface area contributed by atoms with Crippen LogP contribution in [0.5, 0.6) is 0 Å². The minimum Gasteiger partial charge on any atom is -0.315 e. The zero-order valence-corrected chi connectivity index (χ0v) is 11.8. The molecular weight excluding hydrogens is 304 g/mol. The van der Waals surface area contributed by atoms with Gasteiger partial charge in [-0.15, -0.1) is 0 Å². The number of hydrogen-bond donors (Lipinski definition) is 1. The molecule has 0 amide bonds. The van der Waals surface area contributed by atoms with Gasteiger partial charge in [-0.05, 0) is 41.0 Å². The van der Waals surface area contributed by atoms with Crippen LogP contribution in [0, 0.1) is 0 Å². The highest BCUT2D eigenvalue weighted by molar-refractivity contribution is 9.10. The molecule has 0 saturated carbocycles. The average Bonchev–Trinajstić information content (AvgIpc) is 2.27. The fourth-order valence-electron chi connectivity index (χ4n) is 1.86. The molecule has 4 nitrogen and oxygen atoms in total. The summed E-state index contributed by atoms with van der Waals surface area (Å²) < 4.78 is 26.7. The molecule has 1 aromatic rings. The summed E-state index contributed by atoms with van der Waals surface area (Å²) in [5.74, 6) is 0.196. The van der Waals surface area contributed by atoms with Gasteiger partial charge in [-0.3, -0.25) is 4.31 Å². The van der Waals surface area contributed by atoms with Crippen LogP contribution < -0.4 is 9.62 Å². The number of hydrogen-bond acceptors (Lipinski definition) is 3. The normalized spacial score (nSPS) is 20.6. The second-order valence-electron chi connectivity index (χ2n) is 3.94. The molecular formula is C11H15BrN2O2S. The predicted octanol–water partition coefficient (Wildman–Crippen LogP) is 1.58. The van der Waals surface area contributed by atoms with E-state index in [9.17, 15) is 8.42 Å². The predicted molar refractivity (Wildman–Crippen MR) is 72.8 cm³/mol. The van der Waals surface area contributed by atoms with Crippen molar-refractivity contribution in [1.82, 2.24) is 5.32 Å². The van der Waals surface area contributed by atoms with Crippen LogP contribution in [0.2, 0.25) is 0 Å². The maximum atomic E-state index is 12.2. The van der Waals surface area contributed by atoms with E-state index < -0.39 is 10.0 Å². The van der Waals surface area contributed by atoms with E-state index in [2.05, 4.69) is 21.2 Å². The van der Waals surface area contributed by atoms with Crippen LogP contribution in [-0.2, 0) is 10.0 Å². The van der Waals surface area contributed by atoms with Crippen molar-refractivity contribution >= 4 is 31.6 Å². The molecule has 1 aliphatic heterocycles. The smallest absolute Gasteiger partial charge is 0.235 e. The maximum absolute atomic E-state index is 12.2. The first-order valence-electron chi connectivity index (χ1n) is 5.57. The Morgan fingerprint density at radius 2 is 2.00 bits per heavy atom. The second kappa shape index (κ2) is 5.37. The van der Waals surface area contributed by atoms with Crippen molar-refractivity contribution in [3.05, 3.63) is 28.7 Å². The van der Waals surface area contributed by atoms with Crippen LogP contribution >= 0.6 is 15.9 Å². The van der Waals surface area contributed by atoms with Crippen molar-refractivity contribution in [2.75, 3.05) is 29.7 Å². The maximum Gasteiger partial charge on any atom is 0.235 e. The molecule has 0 bridgehead atoms. The first-order chi connectivity index (χ1) is 8.11. The van der Waals surface area contributed by atoms with E-state index in [0.29, 0.717) is 19.5 Å². The lowest BCUT2D eigenvalue weighted by Gasteiger charge is -2.27. The summed E-state index contributed by atoms with van der Waals surface area (Å²) in [5, 5.41) is 3.22. The highest BCUT2D eigenvalue weighted by Gasteiger charge is 2.24. The molecule has 0 unspecified atom stereocenters. The zero-order valence-electron chi connectivity index (χ0n) is 9.39. The van der Waals surface area contributed by atoms with Crippen LogP contribution in [0.4, 0.5) is 5.69 Å². The van der Waals surface area contributed by atoms with Crippen molar-refractivity contribution in [1.29, 1.82) is 0 Å². The fraction of sp³-hybridized carbons (Fsp3) is 0.455. The topological polar surface area (TPSA) is 49.4 Å². The molecule has 1 saturated heterocycles. The van der Waals surface area contributed by atoms with Gasteiger partial charge >= 0.3 is 0 Å². The molecule has 0 radical (unpaired) electrons. The van der Waals surface area contributed by atoms with Gasteiger partial charge in [-0.2, -0.15) is 0 Å². The largest absolute Gasteiger partial charge is 0.315 e. The molecule has 1 aromatic carbocycles. The molecule has 1 fully saturated rings. The summed E-state index contributed by atoms with van der Waals surface area (Å²) >= 11 is 3.40. The summed E-state index contributed by atoms with van der Waals surface area (Å²) in [5.41, 5.74) is 0.719. The fourth-order valence-corrected chi connectivity index (χ4v) is 4.03. The molecule has 1 N–H and O–H groups in total. The van der Waals surface area contributed by atoms with Gasteiger partial charge in [0.05, 0.1) is 11.4 Å². The quantitative estimate of drug-likeness (QED) is 0.855. The van der Waals surface area contributed by atoms with Crippen LogP contribution in [0.15, 0.2) is 28.7 Å². The van der Waals surface area contributed by atoms with Crippen LogP contribution in [0.25, 0.3) is 0 Å². The Labute approximate surface area is 110 Å². The van der Waals surface area contributed by atoms with Crippen molar-refractivity contribution in [3.63, 3.8) is 0 Å². The third-order valence-corrected chi connectivity index (χ3v) is 5.23. The Morgan fingerprint density at radius 3 is 2.76 bits per heavy atom. The van der Waals surface area contributed by atoms with Crippen LogP contribution in [0.3, 0.4) is 0 Å². The Balaban J connectivity index is 2.36. The molecule has 2 rings (SSSR count). The average molecular weight is 319 g/mol. The lowest BCUT2D eigenvalue weighted by Crippen LogP contribution is -2.41. The van der Waals surface area contributed by atoms with Crippen molar-refractivity contribution in [2.24, 2.45) is 0 Å². The minimum absolute atomic E-state index is 0.196. The first kappa shape index (κ1) is 12.9. The van der Waals surface area contributed by atoms with Crippen LogP contribution in [0.1, 0.15) is 6.42 Å². The summed E-state index contributed by atoms with van der Waals surface area (Å²) in [4.78, 5) is 0. The van der Waals surface area contributed by atoms with Crippen molar-refractivity contribution in [2.45, 2.75) is 6.42 Å². The van der Waals surface area contributed by atoms with Gasteiger partial charge in [0.15, 0.2) is 0 Å². The number of sulfonamides is 1. The summed E-state index contributed by atoms with van der Waals surface area (Å²) in [7, 11) is -3.20. The standard InChI is InChI=1S/C11H15BrN2O2S/c12-10-4-1-2-5-11(10)14-8-7-13-6-3-9-17(14,15)16/h1-2,4-5,13H,3,6-9H2. The summed E-state index contributed by atoms with van der Waals surface area (Å²) in [6, 6.07) is 7.41. The SMILES string of the molecule is O=S1(=O)CCCNCCN1c1ccccc1Br. The molecule has 1 aliphatic rings. The van der Waals surface area contributed by atoms with Gasteiger partial charge in [0.1, 0.15) is 0 Å². The zero-order chi connectivity index (χ0) is 12.3. The number of rotatable bonds is 1. The molecule has 1 heterocycles. The van der Waals surface area contributed by atoms with Crippen LogP contribution in [-0.4, -0.2) is 33.8 Å². The third kappa shape index (κ3) is 3.00. The van der Waals surface area contributed by atoms with E-state index in [1.807, 2.05) is 24.3 Å². The highest BCUT2D eigenvalue weighted by atomic mass is 79.9. The van der Waals surface area contributed by atoms with Crippen molar-refractivity contribution < 1.29 is 8.42 Å².